The second-order valence-corrected chi connectivity index (χ2v) is 9.14. The number of benzene rings is 2. The summed E-state index contributed by atoms with van der Waals surface area (Å²) < 4.78 is 0. The molecule has 0 bridgehead atoms. The summed E-state index contributed by atoms with van der Waals surface area (Å²) in [6.07, 6.45) is 0.653. The fourth-order valence-electron chi connectivity index (χ4n) is 3.19. The molecule has 4 rings (SSSR count). The molecule has 1 saturated heterocycles. The van der Waals surface area contributed by atoms with Gasteiger partial charge in [0.25, 0.3) is 5.91 Å². The number of thioether (sulfide) groups is 1. The quantitative estimate of drug-likeness (QED) is 0.598. The zero-order valence-corrected chi connectivity index (χ0v) is 18.5. The first-order valence-corrected chi connectivity index (χ1v) is 11.9. The van der Waals surface area contributed by atoms with Crippen LogP contribution in [0.2, 0.25) is 5.02 Å². The lowest BCUT2D eigenvalue weighted by Gasteiger charge is -2.23. The first-order valence-electron chi connectivity index (χ1n) is 9.53. The van der Waals surface area contributed by atoms with Gasteiger partial charge in [0.2, 0.25) is 5.91 Å². The van der Waals surface area contributed by atoms with Crippen LogP contribution in [0.5, 0.6) is 0 Å². The normalized spacial score (nSPS) is 15.9. The van der Waals surface area contributed by atoms with Crippen molar-refractivity contribution in [3.05, 3.63) is 76.3 Å². The first kappa shape index (κ1) is 20.9. The molecule has 8 heteroatoms. The van der Waals surface area contributed by atoms with Crippen LogP contribution in [0.4, 0.5) is 0 Å². The molecule has 1 aliphatic heterocycles. The highest BCUT2D eigenvalue weighted by atomic mass is 35.5. The number of hydrogen-bond donors (Lipinski definition) is 1. The van der Waals surface area contributed by atoms with Crippen molar-refractivity contribution in [1.82, 2.24) is 15.2 Å². The van der Waals surface area contributed by atoms with Gasteiger partial charge in [0.05, 0.1) is 11.6 Å². The van der Waals surface area contributed by atoms with Crippen molar-refractivity contribution < 1.29 is 9.59 Å². The van der Waals surface area contributed by atoms with Crippen LogP contribution in [0.1, 0.15) is 16.1 Å². The Morgan fingerprint density at radius 1 is 1.13 bits per heavy atom. The van der Waals surface area contributed by atoms with Crippen LogP contribution < -0.4 is 5.32 Å². The molecule has 2 aromatic carbocycles. The third kappa shape index (κ3) is 4.86. The lowest BCUT2D eigenvalue weighted by molar-refractivity contribution is -0.124. The van der Waals surface area contributed by atoms with Crippen LogP contribution in [0.15, 0.2) is 60.0 Å². The Kier molecular flexibility index (Phi) is 6.72. The molecule has 1 unspecified atom stereocenters. The SMILES string of the molecule is O=C(NCCc1csc(-c2ccccc2)n1)C1CSCN1C(=O)c1ccc(Cl)cc1. The van der Waals surface area contributed by atoms with Crippen LogP contribution in [-0.4, -0.2) is 45.9 Å². The van der Waals surface area contributed by atoms with Crippen molar-refractivity contribution >= 4 is 46.5 Å². The average molecular weight is 458 g/mol. The zero-order valence-electron chi connectivity index (χ0n) is 16.1. The summed E-state index contributed by atoms with van der Waals surface area (Å²) in [7, 11) is 0. The summed E-state index contributed by atoms with van der Waals surface area (Å²) in [4.78, 5) is 31.8. The van der Waals surface area contributed by atoms with E-state index in [0.717, 1.165) is 16.3 Å². The number of rotatable bonds is 6. The maximum absolute atomic E-state index is 12.8. The topological polar surface area (TPSA) is 62.3 Å². The molecule has 1 atom stereocenters. The van der Waals surface area contributed by atoms with E-state index in [-0.39, 0.29) is 11.8 Å². The second kappa shape index (κ2) is 9.64. The van der Waals surface area contributed by atoms with Gasteiger partial charge in [-0.15, -0.1) is 23.1 Å². The van der Waals surface area contributed by atoms with Crippen LogP contribution in [0.3, 0.4) is 0 Å². The van der Waals surface area contributed by atoms with Gasteiger partial charge in [-0.25, -0.2) is 4.98 Å². The molecule has 1 fully saturated rings. The van der Waals surface area contributed by atoms with E-state index in [2.05, 4.69) is 10.3 Å². The summed E-state index contributed by atoms with van der Waals surface area (Å²) >= 11 is 9.08. The van der Waals surface area contributed by atoms with Crippen molar-refractivity contribution in [2.24, 2.45) is 0 Å². The highest BCUT2D eigenvalue weighted by molar-refractivity contribution is 7.99. The minimum atomic E-state index is -0.464. The number of halogens is 1. The van der Waals surface area contributed by atoms with Crippen molar-refractivity contribution in [3.8, 4) is 10.6 Å². The van der Waals surface area contributed by atoms with Crippen LogP contribution in [0.25, 0.3) is 10.6 Å². The van der Waals surface area contributed by atoms with Crippen LogP contribution in [-0.2, 0) is 11.2 Å². The Bertz CT molecular complexity index is 1020. The fraction of sp³-hybridized carbons (Fsp3) is 0.227. The van der Waals surface area contributed by atoms with Gasteiger partial charge in [-0.1, -0.05) is 41.9 Å². The van der Waals surface area contributed by atoms with Crippen molar-refractivity contribution in [2.45, 2.75) is 12.5 Å². The van der Waals surface area contributed by atoms with Crippen molar-refractivity contribution in [3.63, 3.8) is 0 Å². The maximum Gasteiger partial charge on any atom is 0.255 e. The maximum atomic E-state index is 12.8. The Balaban J connectivity index is 1.32. The van der Waals surface area contributed by atoms with E-state index in [1.165, 1.54) is 0 Å². The Hall–Kier alpha value is -2.35. The van der Waals surface area contributed by atoms with E-state index in [9.17, 15) is 9.59 Å². The predicted molar refractivity (Wildman–Crippen MR) is 123 cm³/mol. The number of carbonyl (C=O) groups is 2. The second-order valence-electron chi connectivity index (χ2n) is 6.85. The number of nitrogens with one attached hydrogen (secondary N) is 1. The summed E-state index contributed by atoms with van der Waals surface area (Å²) in [6.45, 7) is 0.487. The molecule has 2 amide bonds. The standard InChI is InChI=1S/C22H20ClN3O2S2/c23-17-8-6-16(7-9-17)22(28)26-14-29-13-19(26)20(27)24-11-10-18-12-30-21(25-18)15-4-2-1-3-5-15/h1-9,12,19H,10-11,13-14H2,(H,24,27). The molecule has 3 aromatic rings. The predicted octanol–water partition coefficient (Wildman–Crippen LogP) is 4.34. The molecule has 0 spiro atoms. The van der Waals surface area contributed by atoms with Gasteiger partial charge < -0.3 is 10.2 Å². The third-order valence-electron chi connectivity index (χ3n) is 4.79. The Morgan fingerprint density at radius 2 is 1.90 bits per heavy atom. The van der Waals surface area contributed by atoms with E-state index < -0.39 is 6.04 Å². The molecular formula is C22H20ClN3O2S2. The number of hydrogen-bond acceptors (Lipinski definition) is 5. The van der Waals surface area contributed by atoms with Gasteiger partial charge >= 0.3 is 0 Å². The van der Waals surface area contributed by atoms with Crippen LogP contribution >= 0.6 is 34.7 Å². The molecule has 1 N–H and O–H groups in total. The van der Waals surface area contributed by atoms with E-state index in [0.29, 0.717) is 35.2 Å². The summed E-state index contributed by atoms with van der Waals surface area (Å²) in [5, 5.41) is 6.54. The van der Waals surface area contributed by atoms with E-state index >= 15 is 0 Å². The van der Waals surface area contributed by atoms with Crippen molar-refractivity contribution in [1.29, 1.82) is 0 Å². The third-order valence-corrected chi connectivity index (χ3v) is 6.99. The zero-order chi connectivity index (χ0) is 20.9. The lowest BCUT2D eigenvalue weighted by atomic mass is 10.1. The van der Waals surface area contributed by atoms with Crippen LogP contribution in [0, 0.1) is 0 Å². The number of aromatic nitrogens is 1. The summed E-state index contributed by atoms with van der Waals surface area (Å²) in [5.74, 6) is 0.830. The van der Waals surface area contributed by atoms with Gasteiger partial charge in [-0.3, -0.25) is 9.59 Å². The number of nitrogens with zero attached hydrogens (tertiary/aromatic N) is 2. The first-order chi connectivity index (χ1) is 14.6. The molecule has 0 aliphatic carbocycles. The van der Waals surface area contributed by atoms with E-state index in [4.69, 9.17) is 11.6 Å². The Labute approximate surface area is 188 Å². The summed E-state index contributed by atoms with van der Waals surface area (Å²) in [6, 6.07) is 16.3. The van der Waals surface area contributed by atoms with Crippen molar-refractivity contribution in [2.75, 3.05) is 18.2 Å². The summed E-state index contributed by atoms with van der Waals surface area (Å²) in [5.41, 5.74) is 2.58. The Morgan fingerprint density at radius 3 is 2.67 bits per heavy atom. The number of thiazole rings is 1. The lowest BCUT2D eigenvalue weighted by Crippen LogP contribution is -2.47. The highest BCUT2D eigenvalue weighted by Gasteiger charge is 2.34. The average Bonchev–Trinajstić information content (AvgIpc) is 3.44. The molecule has 1 aliphatic rings. The molecule has 30 heavy (non-hydrogen) atoms. The smallest absolute Gasteiger partial charge is 0.255 e. The monoisotopic (exact) mass is 457 g/mol. The van der Waals surface area contributed by atoms with E-state index in [1.807, 2.05) is 35.7 Å². The van der Waals surface area contributed by atoms with Gasteiger partial charge in [0.1, 0.15) is 11.0 Å². The molecule has 1 aromatic heterocycles. The molecule has 154 valence electrons. The molecule has 0 radical (unpaired) electrons. The molecular weight excluding hydrogens is 438 g/mol. The minimum Gasteiger partial charge on any atom is -0.354 e. The number of amides is 2. The highest BCUT2D eigenvalue weighted by Crippen LogP contribution is 2.25. The van der Waals surface area contributed by atoms with Gasteiger partial charge in [-0.05, 0) is 24.3 Å². The van der Waals surface area contributed by atoms with Gasteiger partial charge in [0, 0.05) is 40.2 Å². The van der Waals surface area contributed by atoms with E-state index in [1.54, 1.807) is 52.3 Å². The number of carbonyl (C=O) groups excluding carboxylic acids is 2. The molecule has 5 nitrogen and oxygen atoms in total. The molecule has 2 heterocycles. The fourth-order valence-corrected chi connectivity index (χ4v) is 5.33. The minimum absolute atomic E-state index is 0.124. The van der Waals surface area contributed by atoms with Gasteiger partial charge in [-0.2, -0.15) is 0 Å². The van der Waals surface area contributed by atoms with Gasteiger partial charge in [0.15, 0.2) is 0 Å². The largest absolute Gasteiger partial charge is 0.354 e. The molecule has 0 saturated carbocycles.